The Morgan fingerprint density at radius 3 is 2.43 bits per heavy atom. The van der Waals surface area contributed by atoms with Crippen LogP contribution in [0.15, 0.2) is 47.5 Å². The minimum atomic E-state index is -3.50. The minimum Gasteiger partial charge on any atom is -0.207 e. The summed E-state index contributed by atoms with van der Waals surface area (Å²) < 4.78 is 27.8. The van der Waals surface area contributed by atoms with Crippen LogP contribution in [-0.2, 0) is 10.0 Å². The first-order chi connectivity index (χ1) is 10.0. The van der Waals surface area contributed by atoms with E-state index in [2.05, 4.69) is 17.0 Å². The van der Waals surface area contributed by atoms with E-state index in [9.17, 15) is 8.42 Å². The van der Waals surface area contributed by atoms with Crippen molar-refractivity contribution in [2.45, 2.75) is 50.0 Å². The normalized spacial score (nSPS) is 18.0. The summed E-state index contributed by atoms with van der Waals surface area (Å²) >= 11 is 0. The van der Waals surface area contributed by atoms with Gasteiger partial charge in [0.2, 0.25) is 10.0 Å². The average molecular weight is 305 g/mol. The molecule has 0 amide bonds. The fraction of sp³-hybridized carbons (Fsp3) is 0.471. The van der Waals surface area contributed by atoms with Gasteiger partial charge in [0, 0.05) is 0 Å². The van der Waals surface area contributed by atoms with Crippen LogP contribution in [0.5, 0.6) is 0 Å². The van der Waals surface area contributed by atoms with E-state index in [0.717, 1.165) is 18.4 Å². The Hall–Kier alpha value is -1.35. The van der Waals surface area contributed by atoms with Crippen molar-refractivity contribution in [2.24, 2.45) is 5.92 Å². The molecule has 0 heterocycles. The molecule has 0 aromatic heterocycles. The van der Waals surface area contributed by atoms with E-state index in [1.807, 2.05) is 19.1 Å². The third-order valence-corrected chi connectivity index (χ3v) is 5.55. The molecule has 1 atom stereocenters. The highest BCUT2D eigenvalue weighted by Gasteiger charge is 2.26. The van der Waals surface area contributed by atoms with Crippen LogP contribution in [0, 0.1) is 12.8 Å². The highest BCUT2D eigenvalue weighted by molar-refractivity contribution is 7.89. The van der Waals surface area contributed by atoms with Crippen molar-refractivity contribution in [1.82, 2.24) is 4.72 Å². The van der Waals surface area contributed by atoms with E-state index in [4.69, 9.17) is 0 Å². The van der Waals surface area contributed by atoms with Gasteiger partial charge in [0.25, 0.3) is 0 Å². The van der Waals surface area contributed by atoms with E-state index in [0.29, 0.717) is 10.8 Å². The number of sulfonamides is 1. The van der Waals surface area contributed by atoms with Gasteiger partial charge in [-0.3, -0.25) is 0 Å². The van der Waals surface area contributed by atoms with Crippen LogP contribution in [0.4, 0.5) is 0 Å². The molecule has 1 aliphatic carbocycles. The van der Waals surface area contributed by atoms with Crippen molar-refractivity contribution in [3.63, 3.8) is 0 Å². The Balaban J connectivity index is 2.18. The van der Waals surface area contributed by atoms with Crippen molar-refractivity contribution in [3.8, 4) is 0 Å². The van der Waals surface area contributed by atoms with E-state index in [1.165, 1.54) is 19.3 Å². The van der Waals surface area contributed by atoms with Gasteiger partial charge in [-0.1, -0.05) is 43.5 Å². The largest absolute Gasteiger partial charge is 0.241 e. The Morgan fingerprint density at radius 1 is 1.24 bits per heavy atom. The van der Waals surface area contributed by atoms with Gasteiger partial charge >= 0.3 is 0 Å². The maximum absolute atomic E-state index is 12.5. The van der Waals surface area contributed by atoms with E-state index in [1.54, 1.807) is 18.2 Å². The van der Waals surface area contributed by atoms with E-state index < -0.39 is 10.0 Å². The van der Waals surface area contributed by atoms with Gasteiger partial charge in [0.1, 0.15) is 0 Å². The molecular formula is C17H23NO2S. The summed E-state index contributed by atoms with van der Waals surface area (Å²) in [5.74, 6) is 0.341. The van der Waals surface area contributed by atoms with Crippen LogP contribution in [0.2, 0.25) is 0 Å². The Labute approximate surface area is 127 Å². The number of nitrogens with one attached hydrogen (secondary N) is 1. The van der Waals surface area contributed by atoms with Crippen molar-refractivity contribution >= 4 is 10.0 Å². The molecule has 1 aliphatic rings. The molecule has 0 radical (unpaired) electrons. The van der Waals surface area contributed by atoms with Gasteiger partial charge < -0.3 is 0 Å². The summed E-state index contributed by atoms with van der Waals surface area (Å²) in [6.07, 6.45) is 7.43. The molecule has 0 aliphatic heterocycles. The van der Waals surface area contributed by atoms with Crippen molar-refractivity contribution in [3.05, 3.63) is 48.2 Å². The molecule has 114 valence electrons. The summed E-state index contributed by atoms with van der Waals surface area (Å²) in [6, 6.07) is 6.70. The van der Waals surface area contributed by atoms with Crippen LogP contribution in [0.1, 0.15) is 37.7 Å². The Bertz CT molecular complexity index is 607. The van der Waals surface area contributed by atoms with E-state index >= 15 is 0 Å². The minimum absolute atomic E-state index is 0.214. The first kappa shape index (κ1) is 16.0. The lowest BCUT2D eigenvalue weighted by molar-refractivity contribution is 0.320. The average Bonchev–Trinajstić information content (AvgIpc) is 2.48. The SMILES string of the molecule is C=C=CC(NS(=O)(=O)c1ccc(C)cc1)C1CCCCC1. The maximum Gasteiger partial charge on any atom is 0.241 e. The van der Waals surface area contributed by atoms with Crippen LogP contribution in [-0.4, -0.2) is 14.5 Å². The molecule has 0 spiro atoms. The first-order valence-electron chi connectivity index (χ1n) is 7.48. The first-order valence-corrected chi connectivity index (χ1v) is 8.96. The molecule has 21 heavy (non-hydrogen) atoms. The quantitative estimate of drug-likeness (QED) is 0.845. The Morgan fingerprint density at radius 2 is 1.86 bits per heavy atom. The summed E-state index contributed by atoms with van der Waals surface area (Å²) in [4.78, 5) is 0.311. The zero-order valence-corrected chi connectivity index (χ0v) is 13.3. The van der Waals surface area contributed by atoms with Crippen molar-refractivity contribution < 1.29 is 8.42 Å². The third-order valence-electron chi connectivity index (χ3n) is 4.08. The molecule has 1 saturated carbocycles. The van der Waals surface area contributed by atoms with Gasteiger partial charge in [-0.2, -0.15) is 0 Å². The molecule has 1 fully saturated rings. The van der Waals surface area contributed by atoms with Crippen LogP contribution in [0.25, 0.3) is 0 Å². The predicted molar refractivity (Wildman–Crippen MR) is 85.6 cm³/mol. The van der Waals surface area contributed by atoms with Crippen molar-refractivity contribution in [1.29, 1.82) is 0 Å². The zero-order chi connectivity index (χ0) is 15.3. The number of aryl methyl sites for hydroxylation is 1. The molecular weight excluding hydrogens is 282 g/mol. The lowest BCUT2D eigenvalue weighted by Gasteiger charge is -2.28. The second kappa shape index (κ2) is 7.08. The zero-order valence-electron chi connectivity index (χ0n) is 12.5. The predicted octanol–water partition coefficient (Wildman–Crippen LogP) is 3.56. The molecule has 2 rings (SSSR count). The van der Waals surface area contributed by atoms with Crippen LogP contribution >= 0.6 is 0 Å². The molecule has 0 saturated heterocycles. The summed E-state index contributed by atoms with van der Waals surface area (Å²) in [5.41, 5.74) is 3.79. The van der Waals surface area contributed by atoms with Gasteiger partial charge in [0.05, 0.1) is 10.9 Å². The van der Waals surface area contributed by atoms with Crippen molar-refractivity contribution in [2.75, 3.05) is 0 Å². The van der Waals surface area contributed by atoms with Crippen LogP contribution in [0.3, 0.4) is 0 Å². The standard InChI is InChI=1S/C17H23NO2S/c1-3-7-17(15-8-5-4-6-9-15)18-21(19,20)16-12-10-14(2)11-13-16/h7,10-13,15,17-18H,1,4-6,8-9H2,2H3. The molecule has 3 nitrogen and oxygen atoms in total. The summed E-state index contributed by atoms with van der Waals surface area (Å²) in [7, 11) is -3.50. The number of rotatable bonds is 5. The second-order valence-corrected chi connectivity index (χ2v) is 7.44. The topological polar surface area (TPSA) is 46.2 Å². The highest BCUT2D eigenvalue weighted by atomic mass is 32.2. The molecule has 0 bridgehead atoms. The maximum atomic E-state index is 12.5. The van der Waals surface area contributed by atoms with Gasteiger partial charge in [-0.25, -0.2) is 13.1 Å². The third kappa shape index (κ3) is 4.31. The molecule has 1 N–H and O–H groups in total. The summed E-state index contributed by atoms with van der Waals surface area (Å²) in [5, 5.41) is 0. The number of hydrogen-bond acceptors (Lipinski definition) is 2. The fourth-order valence-electron chi connectivity index (χ4n) is 2.85. The smallest absolute Gasteiger partial charge is 0.207 e. The monoisotopic (exact) mass is 305 g/mol. The molecule has 4 heteroatoms. The van der Waals surface area contributed by atoms with Gasteiger partial charge in [-0.15, -0.1) is 5.73 Å². The summed E-state index contributed by atoms with van der Waals surface area (Å²) in [6.45, 7) is 5.53. The van der Waals surface area contributed by atoms with Crippen LogP contribution < -0.4 is 4.72 Å². The molecule has 1 unspecified atom stereocenters. The lowest BCUT2D eigenvalue weighted by Crippen LogP contribution is -2.39. The fourth-order valence-corrected chi connectivity index (χ4v) is 4.10. The number of benzene rings is 1. The lowest BCUT2D eigenvalue weighted by atomic mass is 9.84. The van der Waals surface area contributed by atoms with Gasteiger partial charge in [0.15, 0.2) is 0 Å². The van der Waals surface area contributed by atoms with Gasteiger partial charge in [-0.05, 0) is 43.9 Å². The molecule has 1 aromatic rings. The molecule has 1 aromatic carbocycles. The Kier molecular flexibility index (Phi) is 5.40. The number of hydrogen-bond donors (Lipinski definition) is 1. The van der Waals surface area contributed by atoms with E-state index in [-0.39, 0.29) is 6.04 Å². The highest BCUT2D eigenvalue weighted by Crippen LogP contribution is 2.27. The second-order valence-electron chi connectivity index (χ2n) is 5.73.